The van der Waals surface area contributed by atoms with Gasteiger partial charge in [0.2, 0.25) is 0 Å². The Bertz CT molecular complexity index is 96.7. The van der Waals surface area contributed by atoms with Crippen LogP contribution >= 0.6 is 0 Å². The third-order valence-electron chi connectivity index (χ3n) is 2.75. The summed E-state index contributed by atoms with van der Waals surface area (Å²) in [4.78, 5) is 0. The molecule has 0 radical (unpaired) electrons. The molecule has 2 nitrogen and oxygen atoms in total. The summed E-state index contributed by atoms with van der Waals surface area (Å²) < 4.78 is 0. The van der Waals surface area contributed by atoms with Crippen LogP contribution in [0.3, 0.4) is 0 Å². The number of nitrogens with one attached hydrogen (secondary N) is 1. The Kier molecular flexibility index (Phi) is 1.24. The lowest BCUT2D eigenvalue weighted by molar-refractivity contribution is 0.264. The lowest BCUT2D eigenvalue weighted by Crippen LogP contribution is -2.23. The predicted molar refractivity (Wildman–Crippen MR) is 35.0 cm³/mol. The number of hydrogen-bond donors (Lipinski definition) is 2. The quantitative estimate of drug-likeness (QED) is 0.513. The molecule has 1 aliphatic heterocycles. The highest BCUT2D eigenvalue weighted by Gasteiger charge is 2.49. The van der Waals surface area contributed by atoms with Gasteiger partial charge >= 0.3 is 0 Å². The molecule has 52 valence electrons. The summed E-state index contributed by atoms with van der Waals surface area (Å²) in [7, 11) is 0. The largest absolute Gasteiger partial charge is 0.396 e. The Morgan fingerprint density at radius 3 is 2.89 bits per heavy atom. The van der Waals surface area contributed by atoms with Gasteiger partial charge in [0.05, 0.1) is 0 Å². The molecule has 1 heterocycles. The van der Waals surface area contributed by atoms with Crippen LogP contribution in [0.1, 0.15) is 6.42 Å². The third-order valence-corrected chi connectivity index (χ3v) is 2.75. The van der Waals surface area contributed by atoms with E-state index in [1.54, 1.807) is 0 Å². The maximum Gasteiger partial charge on any atom is 0.0465 e. The number of rotatable bonds is 1. The van der Waals surface area contributed by atoms with Crippen LogP contribution < -0.4 is 5.32 Å². The van der Waals surface area contributed by atoms with E-state index in [1.807, 2.05) is 0 Å². The number of fused-ring (bicyclic) bond motifs is 1. The molecule has 2 fully saturated rings. The minimum atomic E-state index is 0.414. The first-order valence-corrected chi connectivity index (χ1v) is 3.75. The number of piperidine rings is 1. The van der Waals surface area contributed by atoms with Crippen molar-refractivity contribution in [2.24, 2.45) is 17.8 Å². The van der Waals surface area contributed by atoms with Gasteiger partial charge in [-0.15, -0.1) is 0 Å². The van der Waals surface area contributed by atoms with Crippen molar-refractivity contribution in [3.05, 3.63) is 0 Å². The fourth-order valence-electron chi connectivity index (χ4n) is 2.06. The Morgan fingerprint density at radius 1 is 1.44 bits per heavy atom. The number of aliphatic hydroxyl groups excluding tert-OH is 1. The molecule has 0 spiro atoms. The zero-order valence-corrected chi connectivity index (χ0v) is 5.51. The van der Waals surface area contributed by atoms with Crippen molar-refractivity contribution < 1.29 is 5.11 Å². The Hall–Kier alpha value is -0.0800. The summed E-state index contributed by atoms with van der Waals surface area (Å²) in [6.07, 6.45) is 1.29. The van der Waals surface area contributed by atoms with E-state index in [1.165, 1.54) is 6.42 Å². The molecule has 0 bridgehead atoms. The van der Waals surface area contributed by atoms with Crippen LogP contribution in [0.5, 0.6) is 0 Å². The topological polar surface area (TPSA) is 32.3 Å². The molecule has 3 unspecified atom stereocenters. The summed E-state index contributed by atoms with van der Waals surface area (Å²) in [5, 5.41) is 12.1. The maximum atomic E-state index is 8.81. The van der Waals surface area contributed by atoms with E-state index in [2.05, 4.69) is 5.32 Å². The van der Waals surface area contributed by atoms with Gasteiger partial charge in [-0.1, -0.05) is 0 Å². The molecule has 0 aromatic heterocycles. The second kappa shape index (κ2) is 1.96. The average molecular weight is 127 g/mol. The van der Waals surface area contributed by atoms with Crippen molar-refractivity contribution in [3.8, 4) is 0 Å². The highest BCUT2D eigenvalue weighted by atomic mass is 16.3. The molecule has 2 aliphatic rings. The number of aliphatic hydroxyl groups is 1. The first-order chi connectivity index (χ1) is 4.43. The van der Waals surface area contributed by atoms with Crippen molar-refractivity contribution in [1.29, 1.82) is 0 Å². The van der Waals surface area contributed by atoms with Gasteiger partial charge in [-0.25, -0.2) is 0 Å². The SMILES string of the molecule is OCC1C2CCNCC12. The zero-order chi connectivity index (χ0) is 6.27. The van der Waals surface area contributed by atoms with E-state index in [-0.39, 0.29) is 0 Å². The van der Waals surface area contributed by atoms with Gasteiger partial charge in [-0.05, 0) is 37.3 Å². The van der Waals surface area contributed by atoms with Crippen molar-refractivity contribution in [2.75, 3.05) is 19.7 Å². The van der Waals surface area contributed by atoms with E-state index >= 15 is 0 Å². The van der Waals surface area contributed by atoms with E-state index in [0.717, 1.165) is 24.9 Å². The highest BCUT2D eigenvalue weighted by Crippen LogP contribution is 2.49. The van der Waals surface area contributed by atoms with Gasteiger partial charge in [0, 0.05) is 6.61 Å². The van der Waals surface area contributed by atoms with Crippen LogP contribution in [0.25, 0.3) is 0 Å². The lowest BCUT2D eigenvalue weighted by Gasteiger charge is -2.07. The van der Waals surface area contributed by atoms with Crippen molar-refractivity contribution in [2.45, 2.75) is 6.42 Å². The normalized spacial score (nSPS) is 48.3. The summed E-state index contributed by atoms with van der Waals surface area (Å²) in [6.45, 7) is 2.73. The summed E-state index contributed by atoms with van der Waals surface area (Å²) in [5.74, 6) is 2.35. The van der Waals surface area contributed by atoms with Gasteiger partial charge in [0.25, 0.3) is 0 Å². The summed E-state index contributed by atoms with van der Waals surface area (Å²) in [5.41, 5.74) is 0. The van der Waals surface area contributed by atoms with Crippen LogP contribution in [0.2, 0.25) is 0 Å². The fourth-order valence-corrected chi connectivity index (χ4v) is 2.06. The van der Waals surface area contributed by atoms with Crippen LogP contribution in [0.15, 0.2) is 0 Å². The molecule has 1 saturated carbocycles. The Morgan fingerprint density at radius 2 is 2.33 bits per heavy atom. The predicted octanol–water partition coefficient (Wildman–Crippen LogP) is -0.166. The molecule has 9 heavy (non-hydrogen) atoms. The van der Waals surface area contributed by atoms with Gasteiger partial charge in [0.15, 0.2) is 0 Å². The zero-order valence-electron chi connectivity index (χ0n) is 5.51. The molecular formula is C7H13NO. The Labute approximate surface area is 55.3 Å². The monoisotopic (exact) mass is 127 g/mol. The van der Waals surface area contributed by atoms with E-state index < -0.39 is 0 Å². The molecule has 3 atom stereocenters. The molecule has 2 N–H and O–H groups in total. The highest BCUT2D eigenvalue weighted by molar-refractivity contribution is 5.00. The fraction of sp³-hybridized carbons (Fsp3) is 1.00. The lowest BCUT2D eigenvalue weighted by atomic mass is 10.2. The summed E-state index contributed by atoms with van der Waals surface area (Å²) >= 11 is 0. The smallest absolute Gasteiger partial charge is 0.0465 e. The molecule has 0 amide bonds. The van der Waals surface area contributed by atoms with Gasteiger partial charge in [-0.2, -0.15) is 0 Å². The second-order valence-corrected chi connectivity index (χ2v) is 3.17. The standard InChI is InChI=1S/C7H13NO/c9-4-7-5-1-2-8-3-6(5)7/h5-9H,1-4H2. The first-order valence-electron chi connectivity index (χ1n) is 3.75. The minimum Gasteiger partial charge on any atom is -0.396 e. The maximum absolute atomic E-state index is 8.81. The molecule has 1 saturated heterocycles. The van der Waals surface area contributed by atoms with Crippen LogP contribution in [0.4, 0.5) is 0 Å². The van der Waals surface area contributed by atoms with Crippen LogP contribution in [-0.2, 0) is 0 Å². The van der Waals surface area contributed by atoms with Crippen molar-refractivity contribution >= 4 is 0 Å². The average Bonchev–Trinajstić information content (AvgIpc) is 2.60. The van der Waals surface area contributed by atoms with E-state index in [0.29, 0.717) is 12.5 Å². The van der Waals surface area contributed by atoms with Crippen molar-refractivity contribution in [1.82, 2.24) is 5.32 Å². The number of hydrogen-bond acceptors (Lipinski definition) is 2. The minimum absolute atomic E-state index is 0.414. The van der Waals surface area contributed by atoms with E-state index in [4.69, 9.17) is 5.11 Å². The molecule has 0 aromatic rings. The Balaban J connectivity index is 1.91. The molecule has 2 rings (SSSR count). The van der Waals surface area contributed by atoms with Crippen LogP contribution in [-0.4, -0.2) is 24.8 Å². The summed E-state index contributed by atoms with van der Waals surface area (Å²) in [6, 6.07) is 0. The van der Waals surface area contributed by atoms with Crippen molar-refractivity contribution in [3.63, 3.8) is 0 Å². The van der Waals surface area contributed by atoms with Gasteiger partial charge < -0.3 is 10.4 Å². The van der Waals surface area contributed by atoms with Gasteiger partial charge in [0.1, 0.15) is 0 Å². The molecule has 0 aromatic carbocycles. The van der Waals surface area contributed by atoms with E-state index in [9.17, 15) is 0 Å². The molecule has 1 aliphatic carbocycles. The first kappa shape index (κ1) is 5.69. The second-order valence-electron chi connectivity index (χ2n) is 3.17. The third kappa shape index (κ3) is 0.775. The molecular weight excluding hydrogens is 114 g/mol. The van der Waals surface area contributed by atoms with Gasteiger partial charge in [-0.3, -0.25) is 0 Å². The molecule has 2 heteroatoms. The van der Waals surface area contributed by atoms with Crippen LogP contribution in [0, 0.1) is 17.8 Å².